The summed E-state index contributed by atoms with van der Waals surface area (Å²) < 4.78 is 4.70. The molecule has 0 fully saturated rings. The van der Waals surface area contributed by atoms with Crippen LogP contribution >= 0.6 is 0 Å². The molecule has 0 radical (unpaired) electrons. The maximum absolute atomic E-state index is 10.5. The molecule has 0 amide bonds. The first-order valence-electron chi connectivity index (χ1n) is 5.05. The molecule has 3 nitrogen and oxygen atoms in total. The number of aliphatic hydroxyl groups excluding tert-OH is 1. The van der Waals surface area contributed by atoms with Crippen LogP contribution in [0, 0.1) is 23.7 Å². The molecule has 1 aromatic rings. The summed E-state index contributed by atoms with van der Waals surface area (Å²) in [5.74, 6) is 10.6. The van der Waals surface area contributed by atoms with E-state index in [0.29, 0.717) is 0 Å². The van der Waals surface area contributed by atoms with Crippen LogP contribution in [-0.4, -0.2) is 24.3 Å². The molecule has 0 aliphatic carbocycles. The molecular formula is C14H12O3. The van der Waals surface area contributed by atoms with Gasteiger partial charge in [0.25, 0.3) is 0 Å². The first-order chi connectivity index (χ1) is 8.24. The fourth-order valence-electron chi connectivity index (χ4n) is 1.10. The molecule has 0 unspecified atom stereocenters. The number of hydrogen-bond acceptors (Lipinski definition) is 3. The van der Waals surface area contributed by atoms with Crippen LogP contribution in [0.25, 0.3) is 0 Å². The predicted octanol–water partition coefficient (Wildman–Crippen LogP) is 0.945. The van der Waals surface area contributed by atoms with Gasteiger partial charge < -0.3 is 9.84 Å². The summed E-state index contributed by atoms with van der Waals surface area (Å²) in [6.45, 7) is 1.22. The van der Waals surface area contributed by atoms with E-state index in [1.54, 1.807) is 0 Å². The van der Waals surface area contributed by atoms with E-state index in [1.807, 2.05) is 24.3 Å². The molecule has 86 valence electrons. The molecular weight excluding hydrogens is 216 g/mol. The highest BCUT2D eigenvalue weighted by atomic mass is 16.5. The van der Waals surface area contributed by atoms with Gasteiger partial charge in [0.15, 0.2) is 6.61 Å². The van der Waals surface area contributed by atoms with Gasteiger partial charge in [0.05, 0.1) is 0 Å². The fourth-order valence-corrected chi connectivity index (χ4v) is 1.10. The highest BCUT2D eigenvalue weighted by molar-refractivity contribution is 5.66. The number of carbonyl (C=O) groups is 1. The summed E-state index contributed by atoms with van der Waals surface area (Å²) in [5, 5.41) is 8.63. The Hall–Kier alpha value is -2.23. The average Bonchev–Trinajstić information content (AvgIpc) is 2.33. The molecule has 1 N–H and O–H groups in total. The van der Waals surface area contributed by atoms with Gasteiger partial charge in [-0.2, -0.15) is 0 Å². The molecule has 17 heavy (non-hydrogen) atoms. The third-order valence-corrected chi connectivity index (χ3v) is 1.80. The second-order valence-electron chi connectivity index (χ2n) is 3.09. The maximum Gasteiger partial charge on any atom is 0.303 e. The highest BCUT2D eigenvalue weighted by Gasteiger charge is 1.94. The zero-order valence-electron chi connectivity index (χ0n) is 9.49. The van der Waals surface area contributed by atoms with Crippen LogP contribution in [0.5, 0.6) is 0 Å². The van der Waals surface area contributed by atoms with E-state index in [-0.39, 0.29) is 19.2 Å². The average molecular weight is 228 g/mol. The lowest BCUT2D eigenvalue weighted by atomic mass is 10.1. The maximum atomic E-state index is 10.5. The van der Waals surface area contributed by atoms with E-state index in [0.717, 1.165) is 11.1 Å². The molecule has 1 rings (SSSR count). The van der Waals surface area contributed by atoms with Crippen molar-refractivity contribution in [2.75, 3.05) is 13.2 Å². The van der Waals surface area contributed by atoms with Crippen molar-refractivity contribution >= 4 is 5.97 Å². The zero-order chi connectivity index (χ0) is 12.5. The van der Waals surface area contributed by atoms with Gasteiger partial charge in [0.1, 0.15) is 6.61 Å². The Kier molecular flexibility index (Phi) is 5.37. The Morgan fingerprint density at radius 2 is 1.82 bits per heavy atom. The van der Waals surface area contributed by atoms with Crippen LogP contribution in [-0.2, 0) is 9.53 Å². The van der Waals surface area contributed by atoms with Gasteiger partial charge in [-0.05, 0) is 12.1 Å². The van der Waals surface area contributed by atoms with Crippen molar-refractivity contribution in [2.45, 2.75) is 6.92 Å². The second kappa shape index (κ2) is 7.11. The lowest BCUT2D eigenvalue weighted by molar-refractivity contribution is -0.139. The zero-order valence-corrected chi connectivity index (χ0v) is 9.49. The standard InChI is InChI=1S/C14H12O3/c1-12(16)17-11-5-9-14-7-3-2-6-13(14)8-4-10-15/h2-3,6-7,15H,10-11H2,1H3. The molecule has 0 spiro atoms. The van der Waals surface area contributed by atoms with Gasteiger partial charge in [-0.25, -0.2) is 0 Å². The summed E-state index contributed by atoms with van der Waals surface area (Å²) in [7, 11) is 0. The summed E-state index contributed by atoms with van der Waals surface area (Å²) in [6.07, 6.45) is 0. The van der Waals surface area contributed by atoms with Crippen molar-refractivity contribution in [1.29, 1.82) is 0 Å². The van der Waals surface area contributed by atoms with E-state index >= 15 is 0 Å². The van der Waals surface area contributed by atoms with Crippen molar-refractivity contribution in [1.82, 2.24) is 0 Å². The number of carbonyl (C=O) groups excluding carboxylic acids is 1. The van der Waals surface area contributed by atoms with E-state index in [9.17, 15) is 4.79 Å². The van der Waals surface area contributed by atoms with Gasteiger partial charge in [-0.3, -0.25) is 4.79 Å². The number of aliphatic hydroxyl groups is 1. The monoisotopic (exact) mass is 228 g/mol. The molecule has 0 saturated carbocycles. The second-order valence-corrected chi connectivity index (χ2v) is 3.09. The number of ether oxygens (including phenoxy) is 1. The molecule has 0 aliphatic heterocycles. The van der Waals surface area contributed by atoms with Crippen molar-refractivity contribution in [2.24, 2.45) is 0 Å². The van der Waals surface area contributed by atoms with Crippen molar-refractivity contribution < 1.29 is 14.6 Å². The highest BCUT2D eigenvalue weighted by Crippen LogP contribution is 2.05. The van der Waals surface area contributed by atoms with Gasteiger partial charge in [-0.1, -0.05) is 35.8 Å². The quantitative estimate of drug-likeness (QED) is 0.575. The molecule has 0 atom stereocenters. The Labute approximate surface area is 100 Å². The Bertz CT molecular complexity index is 509. The third-order valence-electron chi connectivity index (χ3n) is 1.80. The third kappa shape index (κ3) is 4.88. The van der Waals surface area contributed by atoms with E-state index < -0.39 is 0 Å². The minimum atomic E-state index is -0.354. The van der Waals surface area contributed by atoms with Gasteiger partial charge in [-0.15, -0.1) is 0 Å². The summed E-state index contributed by atoms with van der Waals surface area (Å²) in [5.41, 5.74) is 1.50. The minimum absolute atomic E-state index is 0.0666. The van der Waals surface area contributed by atoms with Gasteiger partial charge in [0, 0.05) is 18.1 Å². The lowest BCUT2D eigenvalue weighted by Gasteiger charge is -1.95. The molecule has 0 saturated heterocycles. The number of hydrogen-bond donors (Lipinski definition) is 1. The topological polar surface area (TPSA) is 46.5 Å². The van der Waals surface area contributed by atoms with Crippen LogP contribution in [0.3, 0.4) is 0 Å². The van der Waals surface area contributed by atoms with Gasteiger partial charge in [0.2, 0.25) is 0 Å². The Balaban J connectivity index is 2.79. The molecule has 0 heterocycles. The summed E-state index contributed by atoms with van der Waals surface area (Å²) >= 11 is 0. The molecule has 3 heteroatoms. The Morgan fingerprint density at radius 1 is 1.24 bits per heavy atom. The minimum Gasteiger partial charge on any atom is -0.453 e. The summed E-state index contributed by atoms with van der Waals surface area (Å²) in [4.78, 5) is 10.5. The molecule has 1 aromatic carbocycles. The molecule has 0 aliphatic rings. The molecule has 0 aromatic heterocycles. The fraction of sp³-hybridized carbons (Fsp3) is 0.214. The van der Waals surface area contributed by atoms with Crippen LogP contribution in [0.1, 0.15) is 18.1 Å². The van der Waals surface area contributed by atoms with Crippen LogP contribution < -0.4 is 0 Å². The predicted molar refractivity (Wildman–Crippen MR) is 63.9 cm³/mol. The van der Waals surface area contributed by atoms with Crippen LogP contribution in [0.15, 0.2) is 24.3 Å². The first-order valence-corrected chi connectivity index (χ1v) is 5.05. The Morgan fingerprint density at radius 3 is 2.35 bits per heavy atom. The van der Waals surface area contributed by atoms with E-state index in [4.69, 9.17) is 9.84 Å². The summed E-state index contributed by atoms with van der Waals surface area (Å²) in [6, 6.07) is 7.33. The number of rotatable bonds is 1. The van der Waals surface area contributed by atoms with Gasteiger partial charge >= 0.3 is 5.97 Å². The van der Waals surface area contributed by atoms with Crippen LogP contribution in [0.4, 0.5) is 0 Å². The SMILES string of the molecule is CC(=O)OCC#Cc1ccccc1C#CCO. The van der Waals surface area contributed by atoms with Crippen molar-refractivity contribution in [3.8, 4) is 23.7 Å². The van der Waals surface area contributed by atoms with E-state index in [1.165, 1.54) is 6.92 Å². The van der Waals surface area contributed by atoms with E-state index in [2.05, 4.69) is 23.7 Å². The lowest BCUT2D eigenvalue weighted by Crippen LogP contribution is -1.97. The van der Waals surface area contributed by atoms with Crippen molar-refractivity contribution in [3.63, 3.8) is 0 Å². The number of benzene rings is 1. The van der Waals surface area contributed by atoms with Crippen molar-refractivity contribution in [3.05, 3.63) is 35.4 Å². The first kappa shape index (κ1) is 12.8. The normalized spacial score (nSPS) is 8.35. The molecule has 0 bridgehead atoms. The largest absolute Gasteiger partial charge is 0.453 e. The number of esters is 1. The van der Waals surface area contributed by atoms with Crippen LogP contribution in [0.2, 0.25) is 0 Å². The smallest absolute Gasteiger partial charge is 0.303 e.